The van der Waals surface area contributed by atoms with Gasteiger partial charge in [0.1, 0.15) is 0 Å². The highest BCUT2D eigenvalue weighted by atomic mass is 16.2. The zero-order valence-corrected chi connectivity index (χ0v) is 14.8. The van der Waals surface area contributed by atoms with Crippen LogP contribution >= 0.6 is 0 Å². The normalized spacial score (nSPS) is 15.2. The summed E-state index contributed by atoms with van der Waals surface area (Å²) in [5.41, 5.74) is 3.09. The van der Waals surface area contributed by atoms with Gasteiger partial charge in [0.05, 0.1) is 6.33 Å². The van der Waals surface area contributed by atoms with E-state index in [1.54, 1.807) is 0 Å². The Labute approximate surface area is 154 Å². The Hall–Kier alpha value is -2.88. The van der Waals surface area contributed by atoms with Gasteiger partial charge in [0.2, 0.25) is 0 Å². The van der Waals surface area contributed by atoms with Gasteiger partial charge in [-0.05, 0) is 42.0 Å². The van der Waals surface area contributed by atoms with E-state index in [2.05, 4.69) is 21.7 Å². The summed E-state index contributed by atoms with van der Waals surface area (Å²) in [6, 6.07) is 18.2. The minimum absolute atomic E-state index is 0.144. The molecular formula is C22H23N3O. The van der Waals surface area contributed by atoms with Gasteiger partial charge >= 0.3 is 0 Å². The fourth-order valence-electron chi connectivity index (χ4n) is 3.63. The predicted molar refractivity (Wildman–Crippen MR) is 103 cm³/mol. The zero-order valence-electron chi connectivity index (χ0n) is 14.8. The van der Waals surface area contributed by atoms with Gasteiger partial charge in [0.25, 0.3) is 5.91 Å². The van der Waals surface area contributed by atoms with E-state index in [-0.39, 0.29) is 5.91 Å². The number of rotatable bonds is 4. The highest BCUT2D eigenvalue weighted by Crippen LogP contribution is 2.23. The summed E-state index contributed by atoms with van der Waals surface area (Å²) in [5, 5.41) is 0. The number of hydrogen-bond donors (Lipinski definition) is 0. The van der Waals surface area contributed by atoms with Crippen molar-refractivity contribution in [3.05, 3.63) is 78.9 Å². The second kappa shape index (κ2) is 7.56. The third-order valence-electron chi connectivity index (χ3n) is 5.17. The van der Waals surface area contributed by atoms with Crippen LogP contribution in [0.4, 0.5) is 0 Å². The van der Waals surface area contributed by atoms with Gasteiger partial charge in [-0.15, -0.1) is 0 Å². The number of aromatic nitrogens is 2. The van der Waals surface area contributed by atoms with Crippen molar-refractivity contribution in [3.63, 3.8) is 0 Å². The Morgan fingerprint density at radius 1 is 0.962 bits per heavy atom. The molecule has 0 unspecified atom stereocenters. The second-order valence-electron chi connectivity index (χ2n) is 6.94. The topological polar surface area (TPSA) is 38.1 Å². The van der Waals surface area contributed by atoms with Crippen LogP contribution in [0.1, 0.15) is 23.2 Å². The van der Waals surface area contributed by atoms with E-state index in [1.807, 2.05) is 66.1 Å². The number of amides is 1. The Bertz CT molecular complexity index is 833. The summed E-state index contributed by atoms with van der Waals surface area (Å²) >= 11 is 0. The van der Waals surface area contributed by atoms with E-state index in [0.29, 0.717) is 5.92 Å². The van der Waals surface area contributed by atoms with Gasteiger partial charge < -0.3 is 9.47 Å². The minimum Gasteiger partial charge on any atom is -0.339 e. The van der Waals surface area contributed by atoms with Crippen LogP contribution in [0.3, 0.4) is 0 Å². The fraction of sp³-hybridized carbons (Fsp3) is 0.273. The summed E-state index contributed by atoms with van der Waals surface area (Å²) in [6.45, 7) is 2.66. The van der Waals surface area contributed by atoms with E-state index in [4.69, 9.17) is 0 Å². The standard InChI is InChI=1S/C22H23N3O/c26-22(21-8-6-20(7-9-21)19-4-2-1-3-5-19)25-13-10-18(11-14-25)16-24-15-12-23-17-24/h1-9,12,15,17-18H,10-11,13-14,16H2. The fourth-order valence-corrected chi connectivity index (χ4v) is 3.63. The molecule has 3 aromatic rings. The molecule has 1 aromatic heterocycles. The summed E-state index contributed by atoms with van der Waals surface area (Å²) < 4.78 is 2.13. The first-order valence-electron chi connectivity index (χ1n) is 9.20. The summed E-state index contributed by atoms with van der Waals surface area (Å²) in [4.78, 5) is 18.9. The number of likely N-dealkylation sites (tertiary alicyclic amines) is 1. The molecule has 0 atom stereocenters. The molecule has 0 N–H and O–H groups in total. The Morgan fingerprint density at radius 3 is 2.31 bits per heavy atom. The number of carbonyl (C=O) groups is 1. The molecule has 0 radical (unpaired) electrons. The molecule has 2 aromatic carbocycles. The van der Waals surface area contributed by atoms with Gasteiger partial charge in [0, 0.05) is 37.6 Å². The highest BCUT2D eigenvalue weighted by molar-refractivity contribution is 5.94. The monoisotopic (exact) mass is 345 g/mol. The van der Waals surface area contributed by atoms with Crippen molar-refractivity contribution in [2.24, 2.45) is 5.92 Å². The summed E-state index contributed by atoms with van der Waals surface area (Å²) in [7, 11) is 0. The van der Waals surface area contributed by atoms with Crippen molar-refractivity contribution in [1.82, 2.24) is 14.5 Å². The molecule has 1 aliphatic rings. The van der Waals surface area contributed by atoms with Gasteiger partial charge in [-0.3, -0.25) is 4.79 Å². The van der Waals surface area contributed by atoms with Crippen LogP contribution in [-0.4, -0.2) is 33.4 Å². The third kappa shape index (κ3) is 3.69. The van der Waals surface area contributed by atoms with Crippen LogP contribution in [-0.2, 0) is 6.54 Å². The molecular weight excluding hydrogens is 322 g/mol. The van der Waals surface area contributed by atoms with Gasteiger partial charge in [0.15, 0.2) is 0 Å². The lowest BCUT2D eigenvalue weighted by atomic mass is 9.96. The average Bonchev–Trinajstić information content (AvgIpc) is 3.22. The van der Waals surface area contributed by atoms with Crippen molar-refractivity contribution in [2.75, 3.05) is 13.1 Å². The lowest BCUT2D eigenvalue weighted by Crippen LogP contribution is -2.39. The maximum atomic E-state index is 12.8. The minimum atomic E-state index is 0.144. The van der Waals surface area contributed by atoms with Crippen LogP contribution in [0, 0.1) is 5.92 Å². The maximum absolute atomic E-state index is 12.8. The Morgan fingerprint density at radius 2 is 1.65 bits per heavy atom. The van der Waals surface area contributed by atoms with Crippen LogP contribution in [0.25, 0.3) is 11.1 Å². The highest BCUT2D eigenvalue weighted by Gasteiger charge is 2.23. The molecule has 1 saturated heterocycles. The van der Waals surface area contributed by atoms with Gasteiger partial charge in [-0.1, -0.05) is 42.5 Å². The number of piperidine rings is 1. The molecule has 132 valence electrons. The molecule has 0 spiro atoms. The quantitative estimate of drug-likeness (QED) is 0.714. The molecule has 0 bridgehead atoms. The zero-order chi connectivity index (χ0) is 17.8. The third-order valence-corrected chi connectivity index (χ3v) is 5.17. The van der Waals surface area contributed by atoms with E-state index < -0.39 is 0 Å². The van der Waals surface area contributed by atoms with E-state index in [9.17, 15) is 4.79 Å². The molecule has 1 amide bonds. The number of imidazole rings is 1. The molecule has 1 aliphatic heterocycles. The lowest BCUT2D eigenvalue weighted by molar-refractivity contribution is 0.0683. The maximum Gasteiger partial charge on any atom is 0.253 e. The van der Waals surface area contributed by atoms with Crippen LogP contribution in [0.15, 0.2) is 73.3 Å². The number of hydrogen-bond acceptors (Lipinski definition) is 2. The SMILES string of the molecule is O=C(c1ccc(-c2ccccc2)cc1)N1CCC(Cn2ccnc2)CC1. The van der Waals surface area contributed by atoms with E-state index in [0.717, 1.165) is 43.6 Å². The summed E-state index contributed by atoms with van der Waals surface area (Å²) in [6.07, 6.45) is 7.79. The summed E-state index contributed by atoms with van der Waals surface area (Å²) in [5.74, 6) is 0.763. The Balaban J connectivity index is 1.36. The Kier molecular flexibility index (Phi) is 4.82. The molecule has 4 rings (SSSR count). The second-order valence-corrected chi connectivity index (χ2v) is 6.94. The lowest BCUT2D eigenvalue weighted by Gasteiger charge is -2.32. The predicted octanol–water partition coefficient (Wildman–Crippen LogP) is 4.10. The number of nitrogens with zero attached hydrogens (tertiary/aromatic N) is 3. The molecule has 0 saturated carbocycles. The molecule has 0 aliphatic carbocycles. The van der Waals surface area contributed by atoms with Crippen LogP contribution < -0.4 is 0 Å². The largest absolute Gasteiger partial charge is 0.339 e. The van der Waals surface area contributed by atoms with E-state index in [1.165, 1.54) is 5.56 Å². The van der Waals surface area contributed by atoms with Crippen molar-refractivity contribution < 1.29 is 4.79 Å². The van der Waals surface area contributed by atoms with Crippen molar-refractivity contribution >= 4 is 5.91 Å². The van der Waals surface area contributed by atoms with Crippen LogP contribution in [0.2, 0.25) is 0 Å². The first-order chi connectivity index (χ1) is 12.8. The smallest absolute Gasteiger partial charge is 0.253 e. The van der Waals surface area contributed by atoms with Crippen molar-refractivity contribution in [3.8, 4) is 11.1 Å². The van der Waals surface area contributed by atoms with Gasteiger partial charge in [-0.2, -0.15) is 0 Å². The average molecular weight is 345 g/mol. The first kappa shape index (κ1) is 16.6. The molecule has 4 nitrogen and oxygen atoms in total. The van der Waals surface area contributed by atoms with E-state index >= 15 is 0 Å². The van der Waals surface area contributed by atoms with Crippen molar-refractivity contribution in [1.29, 1.82) is 0 Å². The molecule has 26 heavy (non-hydrogen) atoms. The molecule has 4 heteroatoms. The number of benzene rings is 2. The number of carbonyl (C=O) groups excluding carboxylic acids is 1. The molecule has 1 fully saturated rings. The van der Waals surface area contributed by atoms with Gasteiger partial charge in [-0.25, -0.2) is 4.98 Å². The molecule has 2 heterocycles. The van der Waals surface area contributed by atoms with Crippen molar-refractivity contribution in [2.45, 2.75) is 19.4 Å². The first-order valence-corrected chi connectivity index (χ1v) is 9.20. The van der Waals surface area contributed by atoms with Crippen LogP contribution in [0.5, 0.6) is 0 Å².